The average Bonchev–Trinajstić information content (AvgIpc) is 2.84. The number of hydrogen-bond acceptors (Lipinski definition) is 5. The summed E-state index contributed by atoms with van der Waals surface area (Å²) in [4.78, 5) is 8.13. The average molecular weight is 268 g/mol. The van der Waals surface area contributed by atoms with Gasteiger partial charge in [0.1, 0.15) is 0 Å². The predicted octanol–water partition coefficient (Wildman–Crippen LogP) is 2.13. The number of fused-ring (bicyclic) bond motifs is 1. The molecule has 1 aliphatic heterocycles. The zero-order valence-corrected chi connectivity index (χ0v) is 11.6. The number of nitrogens with zero attached hydrogens (tertiary/aromatic N) is 2. The van der Waals surface area contributed by atoms with Crippen LogP contribution in [0.4, 0.5) is 5.13 Å². The largest absolute Gasteiger partial charge is 0.388 e. The van der Waals surface area contributed by atoms with Gasteiger partial charge in [0.25, 0.3) is 0 Å². The number of aliphatic hydroxyl groups excluding tert-OH is 1. The molecule has 1 aromatic heterocycles. The number of aromatic nitrogens is 1. The Morgan fingerprint density at radius 1 is 1.39 bits per heavy atom. The first-order valence-electron chi connectivity index (χ1n) is 6.73. The van der Waals surface area contributed by atoms with Crippen LogP contribution in [-0.4, -0.2) is 36.4 Å². The fourth-order valence-corrected chi connectivity index (χ4v) is 3.99. The SMILES string of the molecule is COC1CCCN(c2nc3c(s2)C(O)CCC3)C1. The number of rotatable bonds is 2. The van der Waals surface area contributed by atoms with Crippen LogP contribution >= 0.6 is 11.3 Å². The van der Waals surface area contributed by atoms with Gasteiger partial charge in [-0.2, -0.15) is 0 Å². The van der Waals surface area contributed by atoms with E-state index in [1.54, 1.807) is 18.4 Å². The molecule has 0 bridgehead atoms. The Morgan fingerprint density at radius 3 is 3.06 bits per heavy atom. The van der Waals surface area contributed by atoms with Crippen molar-refractivity contribution in [2.24, 2.45) is 0 Å². The zero-order chi connectivity index (χ0) is 12.5. The van der Waals surface area contributed by atoms with Gasteiger partial charge in [-0.05, 0) is 32.1 Å². The van der Waals surface area contributed by atoms with Crippen LogP contribution in [0.15, 0.2) is 0 Å². The minimum Gasteiger partial charge on any atom is -0.388 e. The molecular formula is C13H20N2O2S. The second kappa shape index (κ2) is 5.15. The lowest BCUT2D eigenvalue weighted by Crippen LogP contribution is -2.39. The van der Waals surface area contributed by atoms with Crippen LogP contribution in [0.25, 0.3) is 0 Å². The van der Waals surface area contributed by atoms with Crippen LogP contribution < -0.4 is 4.90 Å². The zero-order valence-electron chi connectivity index (χ0n) is 10.8. The molecule has 2 heterocycles. The molecule has 1 saturated heterocycles. The maximum atomic E-state index is 10.00. The summed E-state index contributed by atoms with van der Waals surface area (Å²) in [6, 6.07) is 0. The molecular weight excluding hydrogens is 248 g/mol. The third-order valence-electron chi connectivity index (χ3n) is 3.89. The molecule has 100 valence electrons. The minimum atomic E-state index is -0.289. The maximum Gasteiger partial charge on any atom is 0.185 e. The molecule has 0 amide bonds. The van der Waals surface area contributed by atoms with E-state index in [1.807, 2.05) is 0 Å². The Morgan fingerprint density at radius 2 is 2.28 bits per heavy atom. The van der Waals surface area contributed by atoms with E-state index in [2.05, 4.69) is 4.90 Å². The van der Waals surface area contributed by atoms with Crippen molar-refractivity contribution in [2.45, 2.75) is 44.3 Å². The number of anilines is 1. The maximum absolute atomic E-state index is 10.00. The van der Waals surface area contributed by atoms with Crippen LogP contribution in [0.1, 0.15) is 42.4 Å². The number of aryl methyl sites for hydroxylation is 1. The van der Waals surface area contributed by atoms with Crippen molar-refractivity contribution in [1.29, 1.82) is 0 Å². The van der Waals surface area contributed by atoms with Gasteiger partial charge in [0.2, 0.25) is 0 Å². The van der Waals surface area contributed by atoms with Crippen LogP contribution in [0, 0.1) is 0 Å². The molecule has 0 radical (unpaired) electrons. The molecule has 1 N–H and O–H groups in total. The predicted molar refractivity (Wildman–Crippen MR) is 72.3 cm³/mol. The number of hydrogen-bond donors (Lipinski definition) is 1. The van der Waals surface area contributed by atoms with Crippen molar-refractivity contribution >= 4 is 16.5 Å². The molecule has 5 heteroatoms. The van der Waals surface area contributed by atoms with E-state index in [4.69, 9.17) is 9.72 Å². The summed E-state index contributed by atoms with van der Waals surface area (Å²) >= 11 is 1.67. The van der Waals surface area contributed by atoms with Gasteiger partial charge >= 0.3 is 0 Å². The Labute approximate surface area is 112 Å². The van der Waals surface area contributed by atoms with Gasteiger partial charge in [-0.1, -0.05) is 11.3 Å². The first-order chi connectivity index (χ1) is 8.78. The topological polar surface area (TPSA) is 45.6 Å². The molecule has 0 saturated carbocycles. The van der Waals surface area contributed by atoms with Gasteiger partial charge in [-0.3, -0.25) is 0 Å². The van der Waals surface area contributed by atoms with Crippen molar-refractivity contribution in [3.63, 3.8) is 0 Å². The molecule has 4 nitrogen and oxygen atoms in total. The highest BCUT2D eigenvalue weighted by Crippen LogP contribution is 2.38. The summed E-state index contributed by atoms with van der Waals surface area (Å²) in [5, 5.41) is 11.1. The number of ether oxygens (including phenoxy) is 1. The smallest absolute Gasteiger partial charge is 0.185 e. The van der Waals surface area contributed by atoms with Gasteiger partial charge in [-0.15, -0.1) is 0 Å². The normalized spacial score (nSPS) is 28.2. The molecule has 2 aliphatic rings. The summed E-state index contributed by atoms with van der Waals surface area (Å²) in [5.41, 5.74) is 1.12. The molecule has 1 aromatic rings. The summed E-state index contributed by atoms with van der Waals surface area (Å²) in [6.45, 7) is 1.99. The van der Waals surface area contributed by atoms with Gasteiger partial charge < -0.3 is 14.7 Å². The Hall–Kier alpha value is -0.650. The van der Waals surface area contributed by atoms with Crippen molar-refractivity contribution in [2.75, 3.05) is 25.1 Å². The minimum absolute atomic E-state index is 0.289. The van der Waals surface area contributed by atoms with E-state index in [-0.39, 0.29) is 6.10 Å². The van der Waals surface area contributed by atoms with E-state index in [0.717, 1.165) is 60.9 Å². The summed E-state index contributed by atoms with van der Waals surface area (Å²) < 4.78 is 5.45. The van der Waals surface area contributed by atoms with Crippen LogP contribution in [0.3, 0.4) is 0 Å². The molecule has 1 aliphatic carbocycles. The third-order valence-corrected chi connectivity index (χ3v) is 5.15. The monoisotopic (exact) mass is 268 g/mol. The van der Waals surface area contributed by atoms with Gasteiger partial charge in [-0.25, -0.2) is 4.98 Å². The summed E-state index contributed by atoms with van der Waals surface area (Å²) in [7, 11) is 1.78. The fraction of sp³-hybridized carbons (Fsp3) is 0.769. The molecule has 0 aromatic carbocycles. The Kier molecular flexibility index (Phi) is 3.54. The first-order valence-corrected chi connectivity index (χ1v) is 7.55. The van der Waals surface area contributed by atoms with Crippen molar-refractivity contribution < 1.29 is 9.84 Å². The summed E-state index contributed by atoms with van der Waals surface area (Å²) in [6.07, 6.45) is 5.29. The highest BCUT2D eigenvalue weighted by Gasteiger charge is 2.27. The Bertz CT molecular complexity index is 421. The lowest BCUT2D eigenvalue weighted by Gasteiger charge is -2.31. The van der Waals surface area contributed by atoms with E-state index in [0.29, 0.717) is 6.10 Å². The second-order valence-corrected chi connectivity index (χ2v) is 6.17. The lowest BCUT2D eigenvalue weighted by molar-refractivity contribution is 0.0893. The van der Waals surface area contributed by atoms with E-state index >= 15 is 0 Å². The summed E-state index contributed by atoms with van der Waals surface area (Å²) in [5.74, 6) is 0. The van der Waals surface area contributed by atoms with E-state index < -0.39 is 0 Å². The van der Waals surface area contributed by atoms with E-state index in [1.165, 1.54) is 0 Å². The molecule has 18 heavy (non-hydrogen) atoms. The standard InChI is InChI=1S/C13H20N2O2S/c1-17-9-4-3-7-15(8-9)13-14-10-5-2-6-11(16)12(10)18-13/h9,11,16H,2-8H2,1H3. The van der Waals surface area contributed by atoms with Crippen molar-refractivity contribution in [3.8, 4) is 0 Å². The van der Waals surface area contributed by atoms with E-state index in [9.17, 15) is 5.11 Å². The quantitative estimate of drug-likeness (QED) is 0.892. The van der Waals surface area contributed by atoms with Crippen LogP contribution in [-0.2, 0) is 11.2 Å². The number of thiazole rings is 1. The number of aliphatic hydroxyl groups is 1. The van der Waals surface area contributed by atoms with Gasteiger partial charge in [0, 0.05) is 20.2 Å². The van der Waals surface area contributed by atoms with Gasteiger partial charge in [0.05, 0.1) is 22.8 Å². The van der Waals surface area contributed by atoms with Crippen molar-refractivity contribution in [1.82, 2.24) is 4.98 Å². The third kappa shape index (κ3) is 2.27. The highest BCUT2D eigenvalue weighted by molar-refractivity contribution is 7.15. The first kappa shape index (κ1) is 12.4. The number of methoxy groups -OCH3 is 1. The fourth-order valence-electron chi connectivity index (χ4n) is 2.82. The van der Waals surface area contributed by atoms with Gasteiger partial charge in [0.15, 0.2) is 5.13 Å². The molecule has 3 rings (SSSR count). The second-order valence-electron chi connectivity index (χ2n) is 5.16. The number of piperidine rings is 1. The molecule has 2 unspecified atom stereocenters. The Balaban J connectivity index is 1.80. The highest BCUT2D eigenvalue weighted by atomic mass is 32.1. The molecule has 1 fully saturated rings. The molecule has 2 atom stereocenters. The lowest BCUT2D eigenvalue weighted by atomic mass is 10.0. The van der Waals surface area contributed by atoms with Crippen molar-refractivity contribution in [3.05, 3.63) is 10.6 Å². The van der Waals surface area contributed by atoms with Crippen LogP contribution in [0.5, 0.6) is 0 Å². The molecule has 0 spiro atoms. The van der Waals surface area contributed by atoms with Crippen LogP contribution in [0.2, 0.25) is 0 Å².